The summed E-state index contributed by atoms with van der Waals surface area (Å²) in [6.45, 7) is 4.03. The van der Waals surface area contributed by atoms with Crippen LogP contribution >= 0.6 is 0 Å². The average Bonchev–Trinajstić information content (AvgIpc) is 3.17. The molecule has 0 radical (unpaired) electrons. The summed E-state index contributed by atoms with van der Waals surface area (Å²) < 4.78 is 3.47. The van der Waals surface area contributed by atoms with E-state index >= 15 is 0 Å². The number of hydrogen-bond acceptors (Lipinski definition) is 2. The van der Waals surface area contributed by atoms with Crippen LogP contribution in [0.1, 0.15) is 27.0 Å². The van der Waals surface area contributed by atoms with E-state index in [0.29, 0.717) is 11.3 Å². The van der Waals surface area contributed by atoms with Crippen LogP contribution in [0.5, 0.6) is 0 Å². The number of benzene rings is 3. The third-order valence-electron chi connectivity index (χ3n) is 5.27. The fourth-order valence-corrected chi connectivity index (χ4v) is 3.83. The third kappa shape index (κ3) is 2.24. The quantitative estimate of drug-likeness (QED) is 0.463. The van der Waals surface area contributed by atoms with Gasteiger partial charge >= 0.3 is 0 Å². The van der Waals surface area contributed by atoms with Crippen molar-refractivity contribution >= 4 is 5.78 Å². The monoisotopic (exact) mass is 366 g/mol. The van der Waals surface area contributed by atoms with Gasteiger partial charge in [0.15, 0.2) is 0 Å². The lowest BCUT2D eigenvalue weighted by Crippen LogP contribution is -2.23. The molecule has 1 aliphatic carbocycles. The molecule has 0 aliphatic heterocycles. The second kappa shape index (κ2) is 5.92. The summed E-state index contributed by atoms with van der Waals surface area (Å²) in [5.41, 5.74) is 5.81. The Bertz CT molecular complexity index is 1290. The average molecular weight is 366 g/mol. The molecule has 0 bridgehead atoms. The van der Waals surface area contributed by atoms with Crippen LogP contribution in [0.3, 0.4) is 0 Å². The van der Waals surface area contributed by atoms with Crippen molar-refractivity contribution in [1.82, 2.24) is 9.36 Å². The second-order valence-corrected chi connectivity index (χ2v) is 7.20. The molecule has 1 heterocycles. The van der Waals surface area contributed by atoms with Crippen molar-refractivity contribution in [2.24, 2.45) is 0 Å². The lowest BCUT2D eigenvalue weighted by Gasteiger charge is -2.16. The number of fused-ring (bicyclic) bond motifs is 3. The van der Waals surface area contributed by atoms with Crippen LogP contribution in [0.2, 0.25) is 0 Å². The maximum atomic E-state index is 13.4. The van der Waals surface area contributed by atoms with Crippen LogP contribution < -0.4 is 5.56 Å². The van der Waals surface area contributed by atoms with E-state index in [1.807, 2.05) is 85.3 Å². The van der Waals surface area contributed by atoms with Crippen LogP contribution in [0.4, 0.5) is 0 Å². The first-order valence-corrected chi connectivity index (χ1v) is 9.22. The Morgan fingerprint density at radius 3 is 1.68 bits per heavy atom. The molecule has 4 nitrogen and oxygen atoms in total. The number of ketones is 1. The zero-order valence-electron chi connectivity index (χ0n) is 15.6. The molecule has 0 spiro atoms. The van der Waals surface area contributed by atoms with Gasteiger partial charge in [0.05, 0.1) is 17.1 Å². The van der Waals surface area contributed by atoms with Gasteiger partial charge in [0.25, 0.3) is 5.56 Å². The van der Waals surface area contributed by atoms with Gasteiger partial charge in [-0.15, -0.1) is 0 Å². The molecule has 4 aromatic rings. The number of aryl methyl sites for hydroxylation is 2. The third-order valence-corrected chi connectivity index (χ3v) is 5.27. The Kier molecular flexibility index (Phi) is 3.49. The fourth-order valence-electron chi connectivity index (χ4n) is 3.83. The van der Waals surface area contributed by atoms with Gasteiger partial charge in [-0.25, -0.2) is 9.36 Å². The van der Waals surface area contributed by atoms with Crippen LogP contribution in [0.25, 0.3) is 22.6 Å². The van der Waals surface area contributed by atoms with E-state index in [1.54, 1.807) is 10.7 Å². The molecule has 5 rings (SSSR count). The Hall–Kier alpha value is -3.66. The standard InChI is InChI=1S/C24H18N2O2/c1-15-7-11-17(12-8-15)25-22-19-5-3-4-6-20(19)23(27)21(22)24(28)26(25)18-13-9-16(2)10-14-18/h3-14H,1-2H3. The largest absolute Gasteiger partial charge is 0.288 e. The summed E-state index contributed by atoms with van der Waals surface area (Å²) in [6.07, 6.45) is 0. The summed E-state index contributed by atoms with van der Waals surface area (Å²) in [7, 11) is 0. The predicted molar refractivity (Wildman–Crippen MR) is 110 cm³/mol. The predicted octanol–water partition coefficient (Wildman–Crippen LogP) is 4.46. The van der Waals surface area contributed by atoms with Gasteiger partial charge in [0, 0.05) is 11.1 Å². The first-order valence-electron chi connectivity index (χ1n) is 9.22. The molecule has 28 heavy (non-hydrogen) atoms. The van der Waals surface area contributed by atoms with Gasteiger partial charge in [-0.3, -0.25) is 9.59 Å². The van der Waals surface area contributed by atoms with Crippen molar-refractivity contribution < 1.29 is 4.79 Å². The van der Waals surface area contributed by atoms with Gasteiger partial charge < -0.3 is 0 Å². The van der Waals surface area contributed by atoms with Gasteiger partial charge in [-0.1, -0.05) is 59.7 Å². The van der Waals surface area contributed by atoms with Gasteiger partial charge in [-0.2, -0.15) is 0 Å². The number of hydrogen-bond donors (Lipinski definition) is 0. The first-order chi connectivity index (χ1) is 13.6. The minimum Gasteiger partial charge on any atom is -0.288 e. The van der Waals surface area contributed by atoms with E-state index in [0.717, 1.165) is 28.1 Å². The summed E-state index contributed by atoms with van der Waals surface area (Å²) in [5, 5.41) is 0. The highest BCUT2D eigenvalue weighted by molar-refractivity contribution is 6.21. The van der Waals surface area contributed by atoms with Crippen molar-refractivity contribution in [1.29, 1.82) is 0 Å². The topological polar surface area (TPSA) is 44.0 Å². The van der Waals surface area contributed by atoms with E-state index in [9.17, 15) is 9.59 Å². The molecular weight excluding hydrogens is 348 g/mol. The normalized spacial score (nSPS) is 12.1. The van der Waals surface area contributed by atoms with Crippen LogP contribution in [0.15, 0.2) is 77.6 Å². The number of carbonyl (C=O) groups is 1. The van der Waals surface area contributed by atoms with Crippen molar-refractivity contribution in [3.63, 3.8) is 0 Å². The zero-order valence-corrected chi connectivity index (χ0v) is 15.6. The minimum atomic E-state index is -0.291. The van der Waals surface area contributed by atoms with E-state index in [-0.39, 0.29) is 16.9 Å². The summed E-state index contributed by atoms with van der Waals surface area (Å²) in [4.78, 5) is 26.4. The molecule has 136 valence electrons. The van der Waals surface area contributed by atoms with E-state index in [4.69, 9.17) is 0 Å². The van der Waals surface area contributed by atoms with Gasteiger partial charge in [0.1, 0.15) is 5.56 Å². The maximum Gasteiger partial charge on any atom is 0.283 e. The molecule has 0 N–H and O–H groups in total. The van der Waals surface area contributed by atoms with Crippen molar-refractivity contribution in [3.05, 3.63) is 105 Å². The zero-order chi connectivity index (χ0) is 19.4. The number of carbonyl (C=O) groups excluding carboxylic acids is 1. The number of nitrogens with zero attached hydrogens (tertiary/aromatic N) is 2. The minimum absolute atomic E-state index is 0.206. The summed E-state index contributed by atoms with van der Waals surface area (Å²) in [6, 6.07) is 23.1. The lowest BCUT2D eigenvalue weighted by atomic mass is 10.1. The Morgan fingerprint density at radius 2 is 1.11 bits per heavy atom. The molecular formula is C24H18N2O2. The van der Waals surface area contributed by atoms with Gasteiger partial charge in [0.2, 0.25) is 5.78 Å². The Morgan fingerprint density at radius 1 is 0.607 bits per heavy atom. The molecule has 1 aliphatic rings. The van der Waals surface area contributed by atoms with Crippen molar-refractivity contribution in [3.8, 4) is 22.6 Å². The van der Waals surface area contributed by atoms with E-state index in [1.165, 1.54) is 0 Å². The SMILES string of the molecule is Cc1ccc(-n2c3c(c(=O)n2-c2ccc(C)cc2)C(=O)c2ccccc2-3)cc1. The molecule has 0 amide bonds. The van der Waals surface area contributed by atoms with Crippen LogP contribution in [0, 0.1) is 13.8 Å². The summed E-state index contributed by atoms with van der Waals surface area (Å²) >= 11 is 0. The molecule has 4 heteroatoms. The van der Waals surface area contributed by atoms with Gasteiger partial charge in [-0.05, 0) is 38.1 Å². The lowest BCUT2D eigenvalue weighted by molar-refractivity contribution is 0.104. The highest BCUT2D eigenvalue weighted by atomic mass is 16.2. The molecule has 0 saturated carbocycles. The van der Waals surface area contributed by atoms with E-state index in [2.05, 4.69) is 0 Å². The molecule has 0 unspecified atom stereocenters. The van der Waals surface area contributed by atoms with Crippen molar-refractivity contribution in [2.45, 2.75) is 13.8 Å². The van der Waals surface area contributed by atoms with Crippen molar-refractivity contribution in [2.75, 3.05) is 0 Å². The molecule has 3 aromatic carbocycles. The smallest absolute Gasteiger partial charge is 0.283 e. The molecule has 0 fully saturated rings. The highest BCUT2D eigenvalue weighted by Crippen LogP contribution is 2.37. The summed E-state index contributed by atoms with van der Waals surface area (Å²) in [5.74, 6) is -0.206. The molecule has 1 aromatic heterocycles. The van der Waals surface area contributed by atoms with Crippen LogP contribution in [-0.2, 0) is 0 Å². The first kappa shape index (κ1) is 16.5. The highest BCUT2D eigenvalue weighted by Gasteiger charge is 2.36. The van der Waals surface area contributed by atoms with E-state index < -0.39 is 0 Å². The Labute approximate surface area is 162 Å². The number of aromatic nitrogens is 2. The molecule has 0 atom stereocenters. The Balaban J connectivity index is 1.91. The van der Waals surface area contributed by atoms with Crippen LogP contribution in [-0.4, -0.2) is 15.1 Å². The number of rotatable bonds is 2. The molecule has 0 saturated heterocycles. The fraction of sp³-hybridized carbons (Fsp3) is 0.0833. The maximum absolute atomic E-state index is 13.4. The second-order valence-electron chi connectivity index (χ2n) is 7.20.